The molecule has 0 aromatic carbocycles. The SMILES string of the molecule is Cc1cc(C)c(CN2CCc3sc(C(C)[C@H]4CC[C@H](N(C)C)CC4)c(C)c3C2=O)c(=O)[nH]1. The first-order chi connectivity index (χ1) is 15.2. The minimum Gasteiger partial charge on any atom is -0.334 e. The Morgan fingerprint density at radius 2 is 1.84 bits per heavy atom. The molecule has 2 aromatic rings. The molecule has 1 aliphatic carbocycles. The van der Waals surface area contributed by atoms with Crippen LogP contribution >= 0.6 is 11.3 Å². The second kappa shape index (κ2) is 9.14. The maximum Gasteiger partial charge on any atom is 0.255 e. The number of nitrogens with zero attached hydrogens (tertiary/aromatic N) is 2. The van der Waals surface area contributed by atoms with Crippen molar-refractivity contribution in [2.45, 2.75) is 78.3 Å². The van der Waals surface area contributed by atoms with E-state index in [1.807, 2.05) is 36.2 Å². The highest BCUT2D eigenvalue weighted by atomic mass is 32.1. The lowest BCUT2D eigenvalue weighted by Gasteiger charge is -2.35. The van der Waals surface area contributed by atoms with Gasteiger partial charge in [0.25, 0.3) is 11.5 Å². The number of aromatic amines is 1. The van der Waals surface area contributed by atoms with E-state index in [1.54, 1.807) is 0 Å². The van der Waals surface area contributed by atoms with E-state index in [1.165, 1.54) is 41.0 Å². The molecule has 2 aliphatic rings. The van der Waals surface area contributed by atoms with Crippen LogP contribution in [-0.4, -0.2) is 47.4 Å². The van der Waals surface area contributed by atoms with E-state index < -0.39 is 0 Å². The molecule has 0 radical (unpaired) electrons. The van der Waals surface area contributed by atoms with Crippen LogP contribution in [0, 0.1) is 26.7 Å². The lowest BCUT2D eigenvalue weighted by atomic mass is 9.77. The summed E-state index contributed by atoms with van der Waals surface area (Å²) in [6.45, 7) is 9.41. The maximum atomic E-state index is 13.5. The van der Waals surface area contributed by atoms with Crippen molar-refractivity contribution in [2.24, 2.45) is 5.92 Å². The first-order valence-corrected chi connectivity index (χ1v) is 12.8. The van der Waals surface area contributed by atoms with Gasteiger partial charge in [-0.1, -0.05) is 6.92 Å². The predicted octanol–water partition coefficient (Wildman–Crippen LogP) is 4.78. The van der Waals surface area contributed by atoms with Crippen molar-refractivity contribution in [2.75, 3.05) is 20.6 Å². The maximum absolute atomic E-state index is 13.5. The third kappa shape index (κ3) is 4.32. The molecule has 3 heterocycles. The van der Waals surface area contributed by atoms with Gasteiger partial charge in [0.2, 0.25) is 0 Å². The number of thiophene rings is 1. The molecular weight excluding hydrogens is 418 g/mol. The van der Waals surface area contributed by atoms with Crippen molar-refractivity contribution in [3.05, 3.63) is 54.1 Å². The number of carbonyl (C=O) groups excluding carboxylic acids is 1. The van der Waals surface area contributed by atoms with Crippen molar-refractivity contribution in [1.82, 2.24) is 14.8 Å². The van der Waals surface area contributed by atoms with Gasteiger partial charge in [0, 0.05) is 40.0 Å². The lowest BCUT2D eigenvalue weighted by molar-refractivity contribution is 0.0727. The van der Waals surface area contributed by atoms with Gasteiger partial charge in [-0.05, 0) is 89.6 Å². The molecule has 0 spiro atoms. The fourth-order valence-corrected chi connectivity index (χ4v) is 7.17. The Kier molecular flexibility index (Phi) is 6.64. The number of hydrogen-bond acceptors (Lipinski definition) is 4. The molecule has 1 saturated carbocycles. The van der Waals surface area contributed by atoms with Crippen LogP contribution in [0.2, 0.25) is 0 Å². The van der Waals surface area contributed by atoms with Crippen molar-refractivity contribution < 1.29 is 4.79 Å². The molecule has 1 aliphatic heterocycles. The Labute approximate surface area is 195 Å². The van der Waals surface area contributed by atoms with E-state index in [4.69, 9.17) is 0 Å². The van der Waals surface area contributed by atoms with E-state index in [9.17, 15) is 9.59 Å². The Hall–Kier alpha value is -1.92. The van der Waals surface area contributed by atoms with E-state index in [0.29, 0.717) is 36.5 Å². The summed E-state index contributed by atoms with van der Waals surface area (Å²) in [6, 6.07) is 2.69. The van der Waals surface area contributed by atoms with Crippen LogP contribution in [0.3, 0.4) is 0 Å². The Morgan fingerprint density at radius 1 is 1.16 bits per heavy atom. The molecule has 32 heavy (non-hydrogen) atoms. The highest BCUT2D eigenvalue weighted by Crippen LogP contribution is 2.43. The van der Waals surface area contributed by atoms with Gasteiger partial charge < -0.3 is 14.8 Å². The van der Waals surface area contributed by atoms with Crippen LogP contribution < -0.4 is 5.56 Å². The molecule has 2 aromatic heterocycles. The van der Waals surface area contributed by atoms with Gasteiger partial charge in [-0.3, -0.25) is 9.59 Å². The van der Waals surface area contributed by atoms with Crippen LogP contribution in [0.4, 0.5) is 0 Å². The van der Waals surface area contributed by atoms with Crippen LogP contribution in [0.5, 0.6) is 0 Å². The summed E-state index contributed by atoms with van der Waals surface area (Å²) in [4.78, 5) is 35.7. The molecule has 0 saturated heterocycles. The van der Waals surface area contributed by atoms with Crippen LogP contribution in [0.15, 0.2) is 10.9 Å². The number of pyridine rings is 1. The Balaban J connectivity index is 1.53. The largest absolute Gasteiger partial charge is 0.334 e. The van der Waals surface area contributed by atoms with Gasteiger partial charge in [-0.2, -0.15) is 0 Å². The fourth-order valence-electron chi connectivity index (χ4n) is 5.73. The molecule has 4 rings (SSSR count). The van der Waals surface area contributed by atoms with Gasteiger partial charge >= 0.3 is 0 Å². The molecule has 1 N–H and O–H groups in total. The molecule has 174 valence electrons. The minimum atomic E-state index is -0.0780. The average Bonchev–Trinajstić information content (AvgIpc) is 3.08. The smallest absolute Gasteiger partial charge is 0.255 e. The van der Waals surface area contributed by atoms with Gasteiger partial charge in [0.05, 0.1) is 12.1 Å². The summed E-state index contributed by atoms with van der Waals surface area (Å²) in [5, 5.41) is 0. The van der Waals surface area contributed by atoms with Crippen LogP contribution in [0.1, 0.15) is 81.0 Å². The summed E-state index contributed by atoms with van der Waals surface area (Å²) in [6.07, 6.45) is 5.95. The molecule has 6 heteroatoms. The monoisotopic (exact) mass is 455 g/mol. The molecule has 1 atom stereocenters. The first-order valence-electron chi connectivity index (χ1n) is 11.9. The summed E-state index contributed by atoms with van der Waals surface area (Å²) < 4.78 is 0. The van der Waals surface area contributed by atoms with Crippen LogP contribution in [0.25, 0.3) is 0 Å². The van der Waals surface area contributed by atoms with Gasteiger partial charge in [0.1, 0.15) is 0 Å². The molecule has 1 amide bonds. The summed E-state index contributed by atoms with van der Waals surface area (Å²) >= 11 is 1.87. The highest BCUT2D eigenvalue weighted by Gasteiger charge is 2.34. The van der Waals surface area contributed by atoms with Crippen molar-refractivity contribution >= 4 is 17.2 Å². The summed E-state index contributed by atoms with van der Waals surface area (Å²) in [5.74, 6) is 1.29. The number of fused-ring (bicyclic) bond motifs is 1. The standard InChI is InChI=1S/C26H37N3O2S/c1-15-13-16(2)27-25(30)21(15)14-29-12-11-22-23(26(29)31)18(4)24(32-22)17(3)19-7-9-20(10-8-19)28(5)6/h13,17,19-20H,7-12,14H2,1-6H3,(H,27,30)/t17?,19-,20-. The van der Waals surface area contributed by atoms with E-state index in [0.717, 1.165) is 23.2 Å². The minimum absolute atomic E-state index is 0.0780. The lowest BCUT2D eigenvalue weighted by Crippen LogP contribution is -2.38. The first kappa shape index (κ1) is 23.2. The molecule has 5 nitrogen and oxygen atoms in total. The zero-order valence-electron chi connectivity index (χ0n) is 20.4. The Morgan fingerprint density at radius 3 is 2.47 bits per heavy atom. The second-order valence-electron chi connectivity index (χ2n) is 10.1. The zero-order chi connectivity index (χ0) is 23.2. The second-order valence-corrected chi connectivity index (χ2v) is 11.3. The topological polar surface area (TPSA) is 56.4 Å². The molecule has 1 fully saturated rings. The third-order valence-electron chi connectivity index (χ3n) is 7.80. The number of aromatic nitrogens is 1. The van der Waals surface area contributed by atoms with Crippen molar-refractivity contribution in [3.63, 3.8) is 0 Å². The van der Waals surface area contributed by atoms with Crippen molar-refractivity contribution in [1.29, 1.82) is 0 Å². The highest BCUT2D eigenvalue weighted by molar-refractivity contribution is 7.12. The molecule has 0 bridgehead atoms. The third-order valence-corrected chi connectivity index (χ3v) is 9.35. The van der Waals surface area contributed by atoms with E-state index in [-0.39, 0.29) is 11.5 Å². The fraction of sp³-hybridized carbons (Fsp3) is 0.615. The van der Waals surface area contributed by atoms with Crippen LogP contribution in [-0.2, 0) is 13.0 Å². The van der Waals surface area contributed by atoms with Crippen molar-refractivity contribution in [3.8, 4) is 0 Å². The number of H-pyrrole nitrogens is 1. The number of carbonyl (C=O) groups is 1. The number of amides is 1. The molecule has 1 unspecified atom stereocenters. The van der Waals surface area contributed by atoms with E-state index in [2.05, 4.69) is 37.8 Å². The number of rotatable bonds is 5. The Bertz CT molecular complexity index is 1060. The normalized spacial score (nSPS) is 22.3. The van der Waals surface area contributed by atoms with E-state index >= 15 is 0 Å². The van der Waals surface area contributed by atoms with Gasteiger partial charge in [-0.25, -0.2) is 0 Å². The zero-order valence-corrected chi connectivity index (χ0v) is 21.2. The van der Waals surface area contributed by atoms with Gasteiger partial charge in [0.15, 0.2) is 0 Å². The average molecular weight is 456 g/mol. The number of hydrogen-bond donors (Lipinski definition) is 1. The predicted molar refractivity (Wildman–Crippen MR) is 132 cm³/mol. The molecular formula is C26H37N3O2S. The summed E-state index contributed by atoms with van der Waals surface area (Å²) in [7, 11) is 4.38. The quantitative estimate of drug-likeness (QED) is 0.706. The number of nitrogens with one attached hydrogen (secondary N) is 1. The summed E-state index contributed by atoms with van der Waals surface area (Å²) in [5.41, 5.74) is 4.52. The number of aryl methyl sites for hydroxylation is 2. The van der Waals surface area contributed by atoms with Gasteiger partial charge in [-0.15, -0.1) is 11.3 Å².